The number of aryl methyl sites for hydroxylation is 1. The smallest absolute Gasteiger partial charge is 0.319 e. The van der Waals surface area contributed by atoms with Crippen LogP contribution in [0.5, 0.6) is 0 Å². The van der Waals surface area contributed by atoms with Gasteiger partial charge in [-0.3, -0.25) is 0 Å². The molecule has 124 valence electrons. The van der Waals surface area contributed by atoms with E-state index in [2.05, 4.69) is 5.32 Å². The van der Waals surface area contributed by atoms with Crippen LogP contribution in [0.1, 0.15) is 17.5 Å². The highest BCUT2D eigenvalue weighted by molar-refractivity contribution is 7.89. The molecule has 1 fully saturated rings. The summed E-state index contributed by atoms with van der Waals surface area (Å²) in [5.74, 6) is 0.187. The fourth-order valence-corrected chi connectivity index (χ4v) is 4.24. The summed E-state index contributed by atoms with van der Waals surface area (Å²) < 4.78 is 65.1. The Balaban J connectivity index is 2.31. The second-order valence-electron chi connectivity index (χ2n) is 5.55. The second-order valence-corrected chi connectivity index (χ2v) is 7.49. The van der Waals surface area contributed by atoms with Crippen LogP contribution in [0.3, 0.4) is 0 Å². The molecule has 1 atom stereocenters. The van der Waals surface area contributed by atoms with Crippen LogP contribution in [0, 0.1) is 12.8 Å². The van der Waals surface area contributed by atoms with Gasteiger partial charge in [-0.05, 0) is 50.6 Å². The van der Waals surface area contributed by atoms with Crippen LogP contribution in [0.15, 0.2) is 23.1 Å². The number of halogens is 3. The molecule has 1 saturated heterocycles. The van der Waals surface area contributed by atoms with E-state index in [1.807, 2.05) is 0 Å². The van der Waals surface area contributed by atoms with E-state index >= 15 is 0 Å². The molecule has 0 amide bonds. The first-order valence-corrected chi connectivity index (χ1v) is 8.43. The predicted octanol–water partition coefficient (Wildman–Crippen LogP) is 2.24. The van der Waals surface area contributed by atoms with Crippen LogP contribution in [-0.2, 0) is 16.2 Å². The molecule has 1 aromatic carbocycles. The number of hydrogen-bond acceptors (Lipinski definition) is 3. The summed E-state index contributed by atoms with van der Waals surface area (Å²) in [4.78, 5) is -0.296. The van der Waals surface area contributed by atoms with Crippen molar-refractivity contribution >= 4 is 10.0 Å². The van der Waals surface area contributed by atoms with Crippen molar-refractivity contribution in [2.45, 2.75) is 24.4 Å². The van der Waals surface area contributed by atoms with Gasteiger partial charge in [0.2, 0.25) is 10.0 Å². The zero-order chi connectivity index (χ0) is 16.5. The molecular weight excluding hydrogens is 317 g/mol. The minimum Gasteiger partial charge on any atom is -0.319 e. The van der Waals surface area contributed by atoms with Gasteiger partial charge < -0.3 is 5.32 Å². The molecule has 1 aliphatic rings. The Morgan fingerprint density at radius 1 is 1.36 bits per heavy atom. The van der Waals surface area contributed by atoms with E-state index in [1.165, 1.54) is 23.4 Å². The molecule has 0 saturated carbocycles. The van der Waals surface area contributed by atoms with Crippen molar-refractivity contribution in [3.05, 3.63) is 29.3 Å². The highest BCUT2D eigenvalue weighted by Crippen LogP contribution is 2.34. The summed E-state index contributed by atoms with van der Waals surface area (Å²) in [6.07, 6.45) is -3.85. The monoisotopic (exact) mass is 336 g/mol. The number of benzene rings is 1. The molecule has 1 aliphatic heterocycles. The van der Waals surface area contributed by atoms with Crippen molar-refractivity contribution in [2.24, 2.45) is 5.92 Å². The van der Waals surface area contributed by atoms with Crippen LogP contribution >= 0.6 is 0 Å². The number of nitrogens with zero attached hydrogens (tertiary/aromatic N) is 1. The highest BCUT2D eigenvalue weighted by Gasteiger charge is 2.36. The Morgan fingerprint density at radius 2 is 2.05 bits per heavy atom. The summed E-state index contributed by atoms with van der Waals surface area (Å²) in [5.41, 5.74) is -0.888. The lowest BCUT2D eigenvalue weighted by Crippen LogP contribution is -2.30. The Labute approximate surface area is 128 Å². The van der Waals surface area contributed by atoms with E-state index < -0.39 is 21.8 Å². The van der Waals surface area contributed by atoms with Gasteiger partial charge in [0.05, 0.1) is 10.5 Å². The van der Waals surface area contributed by atoms with Gasteiger partial charge in [0, 0.05) is 13.1 Å². The van der Waals surface area contributed by atoms with Crippen LogP contribution in [0.4, 0.5) is 13.2 Å². The summed E-state index contributed by atoms with van der Waals surface area (Å²) in [7, 11) is -2.10. The van der Waals surface area contributed by atoms with Gasteiger partial charge in [-0.15, -0.1) is 0 Å². The molecule has 0 spiro atoms. The average molecular weight is 336 g/mol. The molecule has 1 unspecified atom stereocenters. The van der Waals surface area contributed by atoms with E-state index in [0.29, 0.717) is 26.1 Å². The molecule has 1 N–H and O–H groups in total. The number of nitrogens with one attached hydrogen (secondary N) is 1. The summed E-state index contributed by atoms with van der Waals surface area (Å²) >= 11 is 0. The summed E-state index contributed by atoms with van der Waals surface area (Å²) in [6.45, 7) is 2.67. The topological polar surface area (TPSA) is 49.4 Å². The molecular formula is C14H19F3N2O2S. The quantitative estimate of drug-likeness (QED) is 0.917. The van der Waals surface area contributed by atoms with E-state index in [-0.39, 0.29) is 16.4 Å². The van der Waals surface area contributed by atoms with Gasteiger partial charge in [-0.25, -0.2) is 8.42 Å². The Kier molecular flexibility index (Phi) is 4.84. The number of rotatable bonds is 4. The van der Waals surface area contributed by atoms with Crippen molar-refractivity contribution in [1.29, 1.82) is 0 Å². The van der Waals surface area contributed by atoms with Crippen LogP contribution in [0.25, 0.3) is 0 Å². The highest BCUT2D eigenvalue weighted by atomic mass is 32.2. The van der Waals surface area contributed by atoms with Crippen LogP contribution < -0.4 is 5.32 Å². The van der Waals surface area contributed by atoms with Gasteiger partial charge in [-0.1, -0.05) is 6.07 Å². The second kappa shape index (κ2) is 6.17. The fourth-order valence-electron chi connectivity index (χ4n) is 2.69. The third-order valence-corrected chi connectivity index (χ3v) is 5.75. The zero-order valence-corrected chi connectivity index (χ0v) is 13.3. The fraction of sp³-hybridized carbons (Fsp3) is 0.571. The molecule has 0 bridgehead atoms. The van der Waals surface area contributed by atoms with E-state index in [9.17, 15) is 21.6 Å². The van der Waals surface area contributed by atoms with Crippen molar-refractivity contribution in [2.75, 3.05) is 26.7 Å². The molecule has 1 heterocycles. The third kappa shape index (κ3) is 3.44. The van der Waals surface area contributed by atoms with Crippen molar-refractivity contribution in [3.63, 3.8) is 0 Å². The normalized spacial score (nSPS) is 20.5. The Morgan fingerprint density at radius 3 is 2.64 bits per heavy atom. The molecule has 1 aromatic rings. The standard InChI is InChI=1S/C14H19F3N2O2S/c1-10-3-4-12(7-13(10)14(15,16)17)22(20,21)19-6-5-11(9-19)8-18-2/h3-4,7,11,18H,5-6,8-9H2,1-2H3. The van der Waals surface area contributed by atoms with Crippen molar-refractivity contribution in [1.82, 2.24) is 9.62 Å². The lowest BCUT2D eigenvalue weighted by molar-refractivity contribution is -0.138. The molecule has 4 nitrogen and oxygen atoms in total. The maximum atomic E-state index is 12.9. The lowest BCUT2D eigenvalue weighted by Gasteiger charge is -2.18. The first kappa shape index (κ1) is 17.2. The summed E-state index contributed by atoms with van der Waals surface area (Å²) in [6, 6.07) is 3.18. The average Bonchev–Trinajstić information content (AvgIpc) is 2.87. The number of hydrogen-bond donors (Lipinski definition) is 1. The van der Waals surface area contributed by atoms with Gasteiger partial charge >= 0.3 is 6.18 Å². The summed E-state index contributed by atoms with van der Waals surface area (Å²) in [5, 5.41) is 2.99. The van der Waals surface area contributed by atoms with Gasteiger partial charge in [0.1, 0.15) is 0 Å². The van der Waals surface area contributed by atoms with E-state index in [1.54, 1.807) is 7.05 Å². The van der Waals surface area contributed by atoms with Crippen molar-refractivity contribution < 1.29 is 21.6 Å². The van der Waals surface area contributed by atoms with E-state index in [0.717, 1.165) is 6.07 Å². The minimum atomic E-state index is -4.56. The Hall–Kier alpha value is -1.12. The molecule has 8 heteroatoms. The van der Waals surface area contributed by atoms with Crippen LogP contribution in [-0.4, -0.2) is 39.4 Å². The largest absolute Gasteiger partial charge is 0.416 e. The lowest BCUT2D eigenvalue weighted by atomic mass is 10.1. The van der Waals surface area contributed by atoms with Gasteiger partial charge in [0.15, 0.2) is 0 Å². The van der Waals surface area contributed by atoms with Gasteiger partial charge in [0.25, 0.3) is 0 Å². The molecule has 2 rings (SSSR count). The third-order valence-electron chi connectivity index (χ3n) is 3.89. The van der Waals surface area contributed by atoms with Gasteiger partial charge in [-0.2, -0.15) is 17.5 Å². The number of sulfonamides is 1. The molecule has 0 aliphatic carbocycles. The molecule has 0 aromatic heterocycles. The molecule has 22 heavy (non-hydrogen) atoms. The number of alkyl halides is 3. The minimum absolute atomic E-state index is 0.0148. The maximum Gasteiger partial charge on any atom is 0.416 e. The molecule has 0 radical (unpaired) electrons. The van der Waals surface area contributed by atoms with Crippen LogP contribution in [0.2, 0.25) is 0 Å². The van der Waals surface area contributed by atoms with Crippen molar-refractivity contribution in [3.8, 4) is 0 Å². The van der Waals surface area contributed by atoms with E-state index in [4.69, 9.17) is 0 Å². The first-order valence-electron chi connectivity index (χ1n) is 6.99. The Bertz CT molecular complexity index is 644. The maximum absolute atomic E-state index is 12.9. The SMILES string of the molecule is CNCC1CCN(S(=O)(=O)c2ccc(C)c(C(F)(F)F)c2)C1. The first-order chi connectivity index (χ1) is 10.2. The predicted molar refractivity (Wildman–Crippen MR) is 77.0 cm³/mol. The zero-order valence-electron chi connectivity index (χ0n) is 12.4.